The predicted molar refractivity (Wildman–Crippen MR) is 89.4 cm³/mol. The molecule has 7 heteroatoms. The summed E-state index contributed by atoms with van der Waals surface area (Å²) in [6, 6.07) is 7.19. The van der Waals surface area contributed by atoms with Crippen LogP contribution in [0.5, 0.6) is 0 Å². The number of benzene rings is 1. The van der Waals surface area contributed by atoms with Gasteiger partial charge in [0.1, 0.15) is 0 Å². The number of hydrogen-bond acceptors (Lipinski definition) is 3. The van der Waals surface area contributed by atoms with Crippen LogP contribution in [0.4, 0.5) is 5.69 Å². The highest BCUT2D eigenvalue weighted by Crippen LogP contribution is 2.28. The Morgan fingerprint density at radius 2 is 2.15 bits per heavy atom. The first kappa shape index (κ1) is 16.7. The van der Waals surface area contributed by atoms with Crippen molar-refractivity contribution in [3.05, 3.63) is 39.9 Å². The van der Waals surface area contributed by atoms with E-state index in [2.05, 4.69) is 22.5 Å². The normalized spacial score (nSPS) is 20.8. The van der Waals surface area contributed by atoms with Crippen molar-refractivity contribution in [1.29, 1.82) is 0 Å². The van der Waals surface area contributed by atoms with Gasteiger partial charge in [0.2, 0.25) is 0 Å². The summed E-state index contributed by atoms with van der Waals surface area (Å²) in [5, 5.41) is 17.3. The number of guanidine groups is 1. The van der Waals surface area contributed by atoms with Gasteiger partial charge in [-0.3, -0.25) is 15.1 Å². The molecule has 0 saturated heterocycles. The van der Waals surface area contributed by atoms with E-state index in [9.17, 15) is 10.1 Å². The number of hydrogen-bond donors (Lipinski definition) is 2. The smallest absolute Gasteiger partial charge is 0.274 e. The zero-order chi connectivity index (χ0) is 13.8. The third-order valence-corrected chi connectivity index (χ3v) is 3.29. The van der Waals surface area contributed by atoms with Gasteiger partial charge in [0, 0.05) is 31.3 Å². The maximum Gasteiger partial charge on any atom is 0.274 e. The molecule has 1 aliphatic rings. The topological polar surface area (TPSA) is 79.6 Å². The highest BCUT2D eigenvalue weighted by atomic mass is 127. The van der Waals surface area contributed by atoms with Gasteiger partial charge in [-0.1, -0.05) is 25.1 Å². The second-order valence-electron chi connectivity index (χ2n) is 4.78. The average Bonchev–Trinajstić information content (AvgIpc) is 3.10. The molecule has 2 unspecified atom stereocenters. The summed E-state index contributed by atoms with van der Waals surface area (Å²) in [5.41, 5.74) is 0.782. The zero-order valence-electron chi connectivity index (χ0n) is 11.5. The van der Waals surface area contributed by atoms with Gasteiger partial charge in [-0.2, -0.15) is 0 Å². The molecular weight excluding hydrogens is 371 g/mol. The third-order valence-electron chi connectivity index (χ3n) is 3.29. The largest absolute Gasteiger partial charge is 0.353 e. The minimum Gasteiger partial charge on any atom is -0.353 e. The van der Waals surface area contributed by atoms with Crippen molar-refractivity contribution in [3.8, 4) is 0 Å². The van der Waals surface area contributed by atoms with Crippen molar-refractivity contribution in [1.82, 2.24) is 10.6 Å². The van der Waals surface area contributed by atoms with Crippen molar-refractivity contribution in [3.63, 3.8) is 0 Å². The van der Waals surface area contributed by atoms with Crippen LogP contribution in [0, 0.1) is 16.0 Å². The lowest BCUT2D eigenvalue weighted by atomic mass is 10.2. The molecular formula is C13H19IN4O2. The van der Waals surface area contributed by atoms with Crippen LogP contribution in [0.2, 0.25) is 0 Å². The summed E-state index contributed by atoms with van der Waals surface area (Å²) in [4.78, 5) is 14.7. The predicted octanol–water partition coefficient (Wildman–Crippen LogP) is 2.29. The summed E-state index contributed by atoms with van der Waals surface area (Å²) in [6.07, 6.45) is 1.15. The first-order valence-corrected chi connectivity index (χ1v) is 6.31. The lowest BCUT2D eigenvalue weighted by Gasteiger charge is -2.11. The molecule has 2 atom stereocenters. The lowest BCUT2D eigenvalue weighted by Crippen LogP contribution is -2.38. The van der Waals surface area contributed by atoms with E-state index in [0.29, 0.717) is 30.0 Å². The Kier molecular flexibility index (Phi) is 6.18. The summed E-state index contributed by atoms with van der Waals surface area (Å²) in [7, 11) is 1.70. The molecule has 0 aliphatic heterocycles. The number of nitro groups is 1. The van der Waals surface area contributed by atoms with E-state index in [0.717, 1.165) is 6.42 Å². The quantitative estimate of drug-likeness (QED) is 0.272. The molecule has 1 saturated carbocycles. The zero-order valence-corrected chi connectivity index (χ0v) is 13.8. The first-order chi connectivity index (χ1) is 9.11. The second-order valence-corrected chi connectivity index (χ2v) is 4.78. The maximum atomic E-state index is 10.9. The van der Waals surface area contributed by atoms with Crippen LogP contribution in [-0.4, -0.2) is 24.0 Å². The average molecular weight is 390 g/mol. The SMILES string of the molecule is CN=C(NCc1ccccc1[N+](=O)[O-])NC1CC1C.I. The molecule has 0 radical (unpaired) electrons. The summed E-state index contributed by atoms with van der Waals surface area (Å²) >= 11 is 0. The third kappa shape index (κ3) is 4.32. The number of nitrogens with one attached hydrogen (secondary N) is 2. The molecule has 110 valence electrons. The van der Waals surface area contributed by atoms with Crippen molar-refractivity contribution >= 4 is 35.6 Å². The number of para-hydroxylation sites is 1. The van der Waals surface area contributed by atoms with Crippen LogP contribution in [0.3, 0.4) is 0 Å². The fraction of sp³-hybridized carbons (Fsp3) is 0.462. The Balaban J connectivity index is 0.00000200. The van der Waals surface area contributed by atoms with Crippen molar-refractivity contribution in [2.75, 3.05) is 7.05 Å². The molecule has 0 amide bonds. The highest BCUT2D eigenvalue weighted by Gasteiger charge is 2.33. The Morgan fingerprint density at radius 3 is 2.70 bits per heavy atom. The van der Waals surface area contributed by atoms with Gasteiger partial charge < -0.3 is 10.6 Å². The molecule has 1 aliphatic carbocycles. The van der Waals surface area contributed by atoms with Gasteiger partial charge >= 0.3 is 0 Å². The molecule has 0 aromatic heterocycles. The van der Waals surface area contributed by atoms with Crippen LogP contribution >= 0.6 is 24.0 Å². The van der Waals surface area contributed by atoms with Crippen molar-refractivity contribution in [2.45, 2.75) is 25.9 Å². The van der Waals surface area contributed by atoms with Crippen LogP contribution < -0.4 is 10.6 Å². The van der Waals surface area contributed by atoms with E-state index in [1.807, 2.05) is 0 Å². The molecule has 0 bridgehead atoms. The minimum absolute atomic E-state index is 0. The van der Waals surface area contributed by atoms with Crippen molar-refractivity contribution < 1.29 is 4.92 Å². The number of rotatable bonds is 4. The van der Waals surface area contributed by atoms with E-state index in [1.54, 1.807) is 25.2 Å². The van der Waals surface area contributed by atoms with Gasteiger partial charge in [-0.05, 0) is 12.3 Å². The molecule has 1 fully saturated rings. The molecule has 1 aromatic carbocycles. The number of halogens is 1. The fourth-order valence-electron chi connectivity index (χ4n) is 1.91. The Morgan fingerprint density at radius 1 is 1.50 bits per heavy atom. The number of aliphatic imine (C=N–C) groups is 1. The highest BCUT2D eigenvalue weighted by molar-refractivity contribution is 14.0. The molecule has 6 nitrogen and oxygen atoms in total. The van der Waals surface area contributed by atoms with Crippen molar-refractivity contribution in [2.24, 2.45) is 10.9 Å². The summed E-state index contributed by atoms with van der Waals surface area (Å²) < 4.78 is 0. The van der Waals surface area contributed by atoms with Gasteiger partial charge in [0.25, 0.3) is 5.69 Å². The van der Waals surface area contributed by atoms with Gasteiger partial charge in [0.15, 0.2) is 5.96 Å². The number of nitrogens with zero attached hydrogens (tertiary/aromatic N) is 2. The standard InChI is InChI=1S/C13H18N4O2.HI/c1-9-7-11(9)16-13(14-2)15-8-10-5-3-4-6-12(10)17(18)19;/h3-6,9,11H,7-8H2,1-2H3,(H2,14,15,16);1H. The molecule has 0 spiro atoms. The summed E-state index contributed by atoms with van der Waals surface area (Å²) in [5.74, 6) is 1.36. The molecule has 0 heterocycles. The van der Waals surface area contributed by atoms with Gasteiger partial charge in [0.05, 0.1) is 4.92 Å². The minimum atomic E-state index is -0.365. The number of nitro benzene ring substituents is 1. The van der Waals surface area contributed by atoms with E-state index < -0.39 is 0 Å². The Bertz CT molecular complexity index is 507. The maximum absolute atomic E-state index is 10.9. The van der Waals surface area contributed by atoms with Crippen LogP contribution in [-0.2, 0) is 6.54 Å². The Labute approximate surface area is 135 Å². The molecule has 20 heavy (non-hydrogen) atoms. The van der Waals surface area contributed by atoms with Crippen LogP contribution in [0.1, 0.15) is 18.9 Å². The van der Waals surface area contributed by atoms with E-state index in [1.165, 1.54) is 6.07 Å². The molecule has 1 aromatic rings. The first-order valence-electron chi connectivity index (χ1n) is 6.31. The van der Waals surface area contributed by atoms with E-state index in [-0.39, 0.29) is 34.6 Å². The van der Waals surface area contributed by atoms with Gasteiger partial charge in [-0.15, -0.1) is 24.0 Å². The van der Waals surface area contributed by atoms with Crippen LogP contribution in [0.25, 0.3) is 0 Å². The molecule has 2 N–H and O–H groups in total. The monoisotopic (exact) mass is 390 g/mol. The Hall–Kier alpha value is -1.38. The van der Waals surface area contributed by atoms with E-state index in [4.69, 9.17) is 0 Å². The molecule has 2 rings (SSSR count). The van der Waals surface area contributed by atoms with Crippen LogP contribution in [0.15, 0.2) is 29.3 Å². The second kappa shape index (κ2) is 7.41. The fourth-order valence-corrected chi connectivity index (χ4v) is 1.91. The lowest BCUT2D eigenvalue weighted by molar-refractivity contribution is -0.385. The van der Waals surface area contributed by atoms with Gasteiger partial charge in [-0.25, -0.2) is 0 Å². The summed E-state index contributed by atoms with van der Waals surface area (Å²) in [6.45, 7) is 2.56. The van der Waals surface area contributed by atoms with E-state index >= 15 is 0 Å².